The first-order valence-electron chi connectivity index (χ1n) is 6.16. The van der Waals surface area contributed by atoms with Crippen LogP contribution in [0.25, 0.3) is 0 Å². The molecule has 3 nitrogen and oxygen atoms in total. The van der Waals surface area contributed by atoms with Crippen LogP contribution in [0.3, 0.4) is 0 Å². The second-order valence-corrected chi connectivity index (χ2v) is 5.32. The van der Waals surface area contributed by atoms with Crippen LogP contribution < -0.4 is 5.11 Å². The molecule has 3 unspecified atom stereocenters. The van der Waals surface area contributed by atoms with Gasteiger partial charge in [0.2, 0.25) is 0 Å². The standard InChI is InChI=1S/C12H11F6O3/c13-11(14,15)10(20,12(16,17)18)9(19)21-5-8-4-6-1-2-7(8)3-6/h1-2,6-8H,3-5H2/q-1. The van der Waals surface area contributed by atoms with Crippen molar-refractivity contribution in [2.75, 3.05) is 6.61 Å². The zero-order valence-electron chi connectivity index (χ0n) is 10.5. The molecule has 2 rings (SSSR count). The van der Waals surface area contributed by atoms with Crippen molar-refractivity contribution in [3.05, 3.63) is 12.2 Å². The molecule has 2 aliphatic carbocycles. The fraction of sp³-hybridized carbons (Fsp3) is 0.750. The second-order valence-electron chi connectivity index (χ2n) is 5.32. The summed E-state index contributed by atoms with van der Waals surface area (Å²) in [5.74, 6) is -2.99. The minimum absolute atomic E-state index is 0.0272. The van der Waals surface area contributed by atoms with Crippen molar-refractivity contribution in [2.24, 2.45) is 17.8 Å². The third-order valence-corrected chi connectivity index (χ3v) is 3.93. The molecular formula is C12H11F6O3-. The molecule has 2 bridgehead atoms. The highest BCUT2D eigenvalue weighted by molar-refractivity contribution is 5.81. The summed E-state index contributed by atoms with van der Waals surface area (Å²) in [6.45, 7) is -0.611. The second kappa shape index (κ2) is 4.89. The molecule has 0 aliphatic heterocycles. The Morgan fingerprint density at radius 1 is 1.10 bits per heavy atom. The van der Waals surface area contributed by atoms with Crippen LogP contribution >= 0.6 is 0 Å². The van der Waals surface area contributed by atoms with Crippen LogP contribution in [-0.2, 0) is 9.53 Å². The van der Waals surface area contributed by atoms with Gasteiger partial charge in [0, 0.05) is 0 Å². The Kier molecular flexibility index (Phi) is 3.76. The number of carbonyl (C=O) groups is 1. The first kappa shape index (κ1) is 16.1. The first-order valence-corrected chi connectivity index (χ1v) is 6.16. The maximum absolute atomic E-state index is 12.4. The van der Waals surface area contributed by atoms with E-state index in [2.05, 4.69) is 4.74 Å². The molecule has 0 aromatic rings. The number of hydrogen-bond acceptors (Lipinski definition) is 3. The molecule has 1 fully saturated rings. The lowest BCUT2D eigenvalue weighted by molar-refractivity contribution is -0.574. The quantitative estimate of drug-likeness (QED) is 0.454. The van der Waals surface area contributed by atoms with Crippen LogP contribution in [0, 0.1) is 17.8 Å². The highest BCUT2D eigenvalue weighted by atomic mass is 19.4. The number of rotatable bonds is 3. The Morgan fingerprint density at radius 2 is 1.67 bits per heavy atom. The van der Waals surface area contributed by atoms with Gasteiger partial charge in [-0.15, -0.1) is 0 Å². The van der Waals surface area contributed by atoms with Crippen LogP contribution in [0.1, 0.15) is 12.8 Å². The molecule has 9 heteroatoms. The molecule has 1 saturated carbocycles. The molecule has 0 aromatic carbocycles. The van der Waals surface area contributed by atoms with E-state index >= 15 is 0 Å². The summed E-state index contributed by atoms with van der Waals surface area (Å²) in [4.78, 5) is 11.1. The summed E-state index contributed by atoms with van der Waals surface area (Å²) < 4.78 is 78.2. The topological polar surface area (TPSA) is 49.4 Å². The Morgan fingerprint density at radius 3 is 2.05 bits per heavy atom. The lowest BCUT2D eigenvalue weighted by Gasteiger charge is -2.40. The van der Waals surface area contributed by atoms with Crippen LogP contribution in [0.5, 0.6) is 0 Å². The van der Waals surface area contributed by atoms with Gasteiger partial charge in [-0.25, -0.2) is 0 Å². The van der Waals surface area contributed by atoms with Crippen molar-refractivity contribution < 1.29 is 41.0 Å². The summed E-state index contributed by atoms with van der Waals surface area (Å²) in [7, 11) is 0. The third-order valence-electron chi connectivity index (χ3n) is 3.93. The van der Waals surface area contributed by atoms with Crippen LogP contribution in [0.4, 0.5) is 26.3 Å². The summed E-state index contributed by atoms with van der Waals surface area (Å²) in [6.07, 6.45) is -7.65. The molecule has 0 saturated heterocycles. The number of carbonyl (C=O) groups excluding carboxylic acids is 1. The van der Waals surface area contributed by atoms with E-state index in [1.165, 1.54) is 0 Å². The van der Waals surface area contributed by atoms with Crippen molar-refractivity contribution in [1.82, 2.24) is 0 Å². The predicted molar refractivity (Wildman–Crippen MR) is 54.6 cm³/mol. The van der Waals surface area contributed by atoms with Gasteiger partial charge >= 0.3 is 18.3 Å². The zero-order chi connectivity index (χ0) is 16.1. The molecule has 0 amide bonds. The van der Waals surface area contributed by atoms with E-state index in [1.54, 1.807) is 6.08 Å². The van der Waals surface area contributed by atoms with Gasteiger partial charge in [0.1, 0.15) is 0 Å². The molecule has 21 heavy (non-hydrogen) atoms. The zero-order valence-corrected chi connectivity index (χ0v) is 10.5. The number of esters is 1. The number of hydrogen-bond donors (Lipinski definition) is 0. The third kappa shape index (κ3) is 2.63. The minimum Gasteiger partial charge on any atom is -0.828 e. The first-order chi connectivity index (χ1) is 9.47. The van der Waals surface area contributed by atoms with E-state index in [0.29, 0.717) is 6.42 Å². The van der Waals surface area contributed by atoms with Crippen LogP contribution in [0.15, 0.2) is 12.2 Å². The number of fused-ring (bicyclic) bond motifs is 2. The Hall–Kier alpha value is -1.25. The molecule has 0 N–H and O–H groups in total. The van der Waals surface area contributed by atoms with Crippen molar-refractivity contribution in [3.8, 4) is 0 Å². The van der Waals surface area contributed by atoms with Gasteiger partial charge in [-0.2, -0.15) is 26.3 Å². The summed E-state index contributed by atoms with van der Waals surface area (Å²) >= 11 is 0. The molecular weight excluding hydrogens is 306 g/mol. The molecule has 0 spiro atoms. The maximum Gasteiger partial charge on any atom is 0.399 e. The molecule has 0 aromatic heterocycles. The smallest absolute Gasteiger partial charge is 0.399 e. The number of ether oxygens (including phenoxy) is 1. The molecule has 0 radical (unpaired) electrons. The van der Waals surface area contributed by atoms with Crippen LogP contribution in [0.2, 0.25) is 0 Å². The number of halogens is 6. The monoisotopic (exact) mass is 317 g/mol. The maximum atomic E-state index is 12.4. The fourth-order valence-electron chi connectivity index (χ4n) is 2.76. The van der Waals surface area contributed by atoms with E-state index in [1.807, 2.05) is 6.08 Å². The normalized spacial score (nSPS) is 29.0. The van der Waals surface area contributed by atoms with E-state index < -0.39 is 30.5 Å². The van der Waals surface area contributed by atoms with Gasteiger partial charge < -0.3 is 9.84 Å². The van der Waals surface area contributed by atoms with Crippen molar-refractivity contribution >= 4 is 5.97 Å². The SMILES string of the molecule is O=C(OCC1CC2C=CC1C2)C([O-])(C(F)(F)F)C(F)(F)F. The molecule has 0 heterocycles. The lowest BCUT2D eigenvalue weighted by Crippen LogP contribution is -2.71. The number of alkyl halides is 6. The van der Waals surface area contributed by atoms with Gasteiger partial charge in [-0.05, 0) is 30.6 Å². The summed E-state index contributed by atoms with van der Waals surface area (Å²) in [5.41, 5.74) is -5.74. The van der Waals surface area contributed by atoms with Gasteiger partial charge in [0.15, 0.2) is 5.60 Å². The van der Waals surface area contributed by atoms with Gasteiger partial charge in [-0.3, -0.25) is 4.79 Å². The van der Waals surface area contributed by atoms with E-state index in [0.717, 1.165) is 6.42 Å². The van der Waals surface area contributed by atoms with Gasteiger partial charge in [-0.1, -0.05) is 12.2 Å². The molecule has 120 valence electrons. The Bertz CT molecular complexity index is 439. The molecule has 3 atom stereocenters. The average Bonchev–Trinajstić information content (AvgIpc) is 2.93. The Balaban J connectivity index is 2.05. The van der Waals surface area contributed by atoms with E-state index in [9.17, 15) is 36.2 Å². The van der Waals surface area contributed by atoms with Crippen LogP contribution in [-0.4, -0.2) is 30.5 Å². The van der Waals surface area contributed by atoms with Crippen molar-refractivity contribution in [1.29, 1.82) is 0 Å². The highest BCUT2D eigenvalue weighted by Crippen LogP contribution is 2.45. The van der Waals surface area contributed by atoms with Crippen molar-refractivity contribution in [3.63, 3.8) is 0 Å². The van der Waals surface area contributed by atoms with E-state index in [-0.39, 0.29) is 17.8 Å². The van der Waals surface area contributed by atoms with Crippen molar-refractivity contribution in [2.45, 2.75) is 30.8 Å². The predicted octanol–water partition coefficient (Wildman–Crippen LogP) is 1.97. The van der Waals surface area contributed by atoms with Gasteiger partial charge in [0.25, 0.3) is 0 Å². The number of allylic oxidation sites excluding steroid dienone is 2. The summed E-state index contributed by atoms with van der Waals surface area (Å²) in [6, 6.07) is 0. The largest absolute Gasteiger partial charge is 0.828 e. The van der Waals surface area contributed by atoms with E-state index in [4.69, 9.17) is 0 Å². The Labute approximate surface area is 115 Å². The minimum atomic E-state index is -6.31. The molecule has 2 aliphatic rings. The summed E-state index contributed by atoms with van der Waals surface area (Å²) in [5, 5.41) is 11.1. The fourth-order valence-corrected chi connectivity index (χ4v) is 2.76. The average molecular weight is 317 g/mol. The lowest BCUT2D eigenvalue weighted by atomic mass is 9.94. The highest BCUT2D eigenvalue weighted by Gasteiger charge is 2.68. The van der Waals surface area contributed by atoms with Gasteiger partial charge in [0.05, 0.1) is 6.61 Å².